The number of hydrogen-bond donors (Lipinski definition) is 1. The quantitative estimate of drug-likeness (QED) is 0.785. The number of aliphatic hydroxyl groups is 1. The van der Waals surface area contributed by atoms with Crippen LogP contribution in [0.5, 0.6) is 0 Å². The van der Waals surface area contributed by atoms with Gasteiger partial charge in [-0.15, -0.1) is 0 Å². The van der Waals surface area contributed by atoms with Gasteiger partial charge < -0.3 is 9.84 Å². The molecular formula is C16H29NO2. The third kappa shape index (κ3) is 6.94. The van der Waals surface area contributed by atoms with Crippen molar-refractivity contribution in [3.63, 3.8) is 0 Å². The summed E-state index contributed by atoms with van der Waals surface area (Å²) in [5.74, 6) is 0. The molecule has 0 atom stereocenters. The van der Waals surface area contributed by atoms with Crippen molar-refractivity contribution in [2.75, 3.05) is 13.2 Å². The topological polar surface area (TPSA) is 53.2 Å². The molecule has 0 amide bonds. The maximum absolute atomic E-state index is 9.51. The van der Waals surface area contributed by atoms with E-state index in [2.05, 4.69) is 6.07 Å². The predicted octanol–water partition coefficient (Wildman–Crippen LogP) is 3.95. The average Bonchev–Trinajstić information content (AvgIpc) is 2.42. The number of rotatable bonds is 4. The van der Waals surface area contributed by atoms with Gasteiger partial charge in [-0.1, -0.05) is 44.9 Å². The molecule has 1 fully saturated rings. The van der Waals surface area contributed by atoms with Crippen LogP contribution in [0.1, 0.15) is 77.0 Å². The van der Waals surface area contributed by atoms with Gasteiger partial charge in [0.1, 0.15) is 0 Å². The van der Waals surface area contributed by atoms with E-state index < -0.39 is 5.60 Å². The Kier molecular flexibility index (Phi) is 8.86. The third-order valence-electron chi connectivity index (χ3n) is 4.05. The summed E-state index contributed by atoms with van der Waals surface area (Å²) in [5.41, 5.74) is -0.589. The van der Waals surface area contributed by atoms with Gasteiger partial charge in [-0.3, -0.25) is 0 Å². The maximum atomic E-state index is 9.51. The van der Waals surface area contributed by atoms with Crippen molar-refractivity contribution in [1.29, 1.82) is 5.26 Å². The molecule has 3 nitrogen and oxygen atoms in total. The molecule has 3 heteroatoms. The van der Waals surface area contributed by atoms with Gasteiger partial charge in [-0.2, -0.15) is 5.26 Å². The normalized spacial score (nSPS) is 21.9. The second kappa shape index (κ2) is 10.2. The van der Waals surface area contributed by atoms with Gasteiger partial charge in [0.05, 0.1) is 12.7 Å². The van der Waals surface area contributed by atoms with Crippen molar-refractivity contribution in [2.24, 2.45) is 0 Å². The average molecular weight is 267 g/mol. The fraction of sp³-hybridized carbons (Fsp3) is 0.938. The number of nitrogens with zero attached hydrogens (tertiary/aromatic N) is 1. The van der Waals surface area contributed by atoms with Crippen molar-refractivity contribution in [1.82, 2.24) is 0 Å². The SMILES string of the molecule is N#CC1(OCCCO)CCCCCCCCCCC1. The summed E-state index contributed by atoms with van der Waals surface area (Å²) < 4.78 is 5.84. The van der Waals surface area contributed by atoms with E-state index in [9.17, 15) is 5.26 Å². The van der Waals surface area contributed by atoms with Crippen molar-refractivity contribution in [2.45, 2.75) is 82.7 Å². The molecule has 0 saturated heterocycles. The summed E-state index contributed by atoms with van der Waals surface area (Å²) >= 11 is 0. The lowest BCUT2D eigenvalue weighted by Gasteiger charge is -2.27. The zero-order valence-electron chi connectivity index (χ0n) is 12.2. The summed E-state index contributed by atoms with van der Waals surface area (Å²) in [7, 11) is 0. The first-order chi connectivity index (χ1) is 9.33. The molecule has 1 N–H and O–H groups in total. The molecule has 0 heterocycles. The highest BCUT2D eigenvalue weighted by Gasteiger charge is 2.29. The minimum atomic E-state index is -0.589. The van der Waals surface area contributed by atoms with Crippen molar-refractivity contribution in [3.8, 4) is 6.07 Å². The number of aliphatic hydroxyl groups excluding tert-OH is 1. The molecule has 0 unspecified atom stereocenters. The van der Waals surface area contributed by atoms with E-state index in [0.29, 0.717) is 13.0 Å². The van der Waals surface area contributed by atoms with Gasteiger partial charge in [0.2, 0.25) is 0 Å². The zero-order chi connectivity index (χ0) is 13.8. The molecule has 0 aliphatic heterocycles. The van der Waals surface area contributed by atoms with Crippen LogP contribution in [0, 0.1) is 11.3 Å². The Morgan fingerprint density at radius 1 is 0.895 bits per heavy atom. The molecule has 110 valence electrons. The van der Waals surface area contributed by atoms with Gasteiger partial charge in [0.15, 0.2) is 5.60 Å². The molecule has 19 heavy (non-hydrogen) atoms. The molecule has 1 aliphatic rings. The molecule has 1 aliphatic carbocycles. The second-order valence-corrected chi connectivity index (χ2v) is 5.71. The predicted molar refractivity (Wildman–Crippen MR) is 76.8 cm³/mol. The van der Waals surface area contributed by atoms with E-state index in [-0.39, 0.29) is 6.61 Å². The number of ether oxygens (including phenoxy) is 1. The zero-order valence-corrected chi connectivity index (χ0v) is 12.2. The van der Waals surface area contributed by atoms with Crippen LogP contribution in [0.25, 0.3) is 0 Å². The minimum Gasteiger partial charge on any atom is -0.396 e. The summed E-state index contributed by atoms with van der Waals surface area (Å²) in [6.07, 6.45) is 13.6. The molecular weight excluding hydrogens is 238 g/mol. The van der Waals surface area contributed by atoms with E-state index in [1.807, 2.05) is 0 Å². The highest BCUT2D eigenvalue weighted by Crippen LogP contribution is 2.27. The Hall–Kier alpha value is -0.590. The first-order valence-electron chi connectivity index (χ1n) is 7.99. The Labute approximate surface area is 118 Å². The summed E-state index contributed by atoms with van der Waals surface area (Å²) in [4.78, 5) is 0. The molecule has 0 spiro atoms. The Morgan fingerprint density at radius 2 is 1.37 bits per heavy atom. The van der Waals surface area contributed by atoms with Crippen LogP contribution < -0.4 is 0 Å². The summed E-state index contributed by atoms with van der Waals surface area (Å²) in [6, 6.07) is 2.42. The van der Waals surface area contributed by atoms with Crippen LogP contribution in [0.4, 0.5) is 0 Å². The van der Waals surface area contributed by atoms with E-state index >= 15 is 0 Å². The highest BCUT2D eigenvalue weighted by atomic mass is 16.5. The monoisotopic (exact) mass is 267 g/mol. The Morgan fingerprint density at radius 3 is 1.79 bits per heavy atom. The Balaban J connectivity index is 2.48. The highest BCUT2D eigenvalue weighted by molar-refractivity contribution is 5.01. The number of hydrogen-bond acceptors (Lipinski definition) is 3. The fourth-order valence-corrected chi connectivity index (χ4v) is 2.80. The largest absolute Gasteiger partial charge is 0.396 e. The first-order valence-corrected chi connectivity index (χ1v) is 7.99. The van der Waals surface area contributed by atoms with Gasteiger partial charge in [0, 0.05) is 6.61 Å². The standard InChI is InChI=1S/C16H29NO2/c17-15-16(19-14-10-13-18)11-8-6-4-2-1-3-5-7-9-12-16/h18H,1-14H2. The van der Waals surface area contributed by atoms with Crippen LogP contribution in [-0.2, 0) is 4.74 Å². The van der Waals surface area contributed by atoms with Crippen LogP contribution in [0.3, 0.4) is 0 Å². The van der Waals surface area contributed by atoms with Crippen molar-refractivity contribution in [3.05, 3.63) is 0 Å². The van der Waals surface area contributed by atoms with Crippen LogP contribution in [0.2, 0.25) is 0 Å². The van der Waals surface area contributed by atoms with E-state index in [0.717, 1.165) is 25.7 Å². The van der Waals surface area contributed by atoms with Gasteiger partial charge in [0.25, 0.3) is 0 Å². The van der Waals surface area contributed by atoms with Crippen LogP contribution in [0.15, 0.2) is 0 Å². The van der Waals surface area contributed by atoms with Crippen LogP contribution in [-0.4, -0.2) is 23.9 Å². The van der Waals surface area contributed by atoms with Gasteiger partial charge in [-0.25, -0.2) is 0 Å². The van der Waals surface area contributed by atoms with E-state index in [1.54, 1.807) is 0 Å². The lowest BCUT2D eigenvalue weighted by Crippen LogP contribution is -2.31. The number of nitriles is 1. The molecule has 0 bridgehead atoms. The third-order valence-corrected chi connectivity index (χ3v) is 4.05. The molecule has 0 aromatic carbocycles. The maximum Gasteiger partial charge on any atom is 0.154 e. The lowest BCUT2D eigenvalue weighted by atomic mass is 9.89. The fourth-order valence-electron chi connectivity index (χ4n) is 2.80. The first kappa shape index (κ1) is 16.5. The molecule has 0 aromatic rings. The minimum absolute atomic E-state index is 0.140. The smallest absolute Gasteiger partial charge is 0.154 e. The lowest BCUT2D eigenvalue weighted by molar-refractivity contribution is -0.0231. The second-order valence-electron chi connectivity index (χ2n) is 5.71. The summed E-state index contributed by atoms with van der Waals surface area (Å²) in [6.45, 7) is 0.644. The van der Waals surface area contributed by atoms with Crippen molar-refractivity contribution < 1.29 is 9.84 Å². The van der Waals surface area contributed by atoms with Crippen LogP contribution >= 0.6 is 0 Å². The van der Waals surface area contributed by atoms with Gasteiger partial charge >= 0.3 is 0 Å². The summed E-state index contributed by atoms with van der Waals surface area (Å²) in [5, 5.41) is 18.3. The molecule has 1 saturated carbocycles. The van der Waals surface area contributed by atoms with E-state index in [1.165, 1.54) is 44.9 Å². The molecule has 0 aromatic heterocycles. The Bertz CT molecular complexity index is 248. The molecule has 0 radical (unpaired) electrons. The molecule has 1 rings (SSSR count). The van der Waals surface area contributed by atoms with Gasteiger partial charge in [-0.05, 0) is 32.1 Å². The van der Waals surface area contributed by atoms with Crippen molar-refractivity contribution >= 4 is 0 Å². The van der Waals surface area contributed by atoms with E-state index in [4.69, 9.17) is 9.84 Å².